The average Bonchev–Trinajstić information content (AvgIpc) is 2.48. The third-order valence-corrected chi connectivity index (χ3v) is 2.68. The molecular formula is C8H5IN2O2. The van der Waals surface area contributed by atoms with Crippen LogP contribution in [0.4, 0.5) is 5.69 Å². The number of nitrogens with zero attached hydrogens (tertiary/aromatic N) is 1. The number of nitro benzene ring substituents is 1. The summed E-state index contributed by atoms with van der Waals surface area (Å²) >= 11 is 1.96. The maximum absolute atomic E-state index is 10.6. The molecule has 1 N–H and O–H groups in total. The highest BCUT2D eigenvalue weighted by Gasteiger charge is 2.12. The summed E-state index contributed by atoms with van der Waals surface area (Å²) in [5.74, 6) is 0. The summed E-state index contributed by atoms with van der Waals surface area (Å²) in [6, 6.07) is 5.17. The first-order valence-corrected chi connectivity index (χ1v) is 4.67. The van der Waals surface area contributed by atoms with E-state index in [-0.39, 0.29) is 10.6 Å². The van der Waals surface area contributed by atoms with Crippen molar-refractivity contribution in [2.75, 3.05) is 0 Å². The molecular weight excluding hydrogens is 283 g/mol. The van der Waals surface area contributed by atoms with Gasteiger partial charge in [-0.25, -0.2) is 0 Å². The fourth-order valence-electron chi connectivity index (χ4n) is 1.20. The van der Waals surface area contributed by atoms with E-state index in [1.165, 1.54) is 0 Å². The van der Waals surface area contributed by atoms with Crippen molar-refractivity contribution in [1.82, 2.24) is 4.98 Å². The van der Waals surface area contributed by atoms with Crippen molar-refractivity contribution >= 4 is 39.2 Å². The SMILES string of the molecule is O=[N+]([O-])c1cc2cc[nH]c2cc1I. The number of halogens is 1. The zero-order valence-corrected chi connectivity index (χ0v) is 8.61. The molecule has 0 fully saturated rings. The molecule has 0 aliphatic carbocycles. The molecule has 0 atom stereocenters. The Morgan fingerprint density at radius 3 is 2.92 bits per heavy atom. The molecule has 0 aliphatic rings. The molecule has 1 heterocycles. The molecule has 13 heavy (non-hydrogen) atoms. The summed E-state index contributed by atoms with van der Waals surface area (Å²) in [6.45, 7) is 0. The first-order valence-electron chi connectivity index (χ1n) is 3.59. The van der Waals surface area contributed by atoms with Crippen molar-refractivity contribution in [2.45, 2.75) is 0 Å². The second-order valence-corrected chi connectivity index (χ2v) is 3.79. The van der Waals surface area contributed by atoms with Gasteiger partial charge in [-0.15, -0.1) is 0 Å². The predicted octanol–water partition coefficient (Wildman–Crippen LogP) is 2.68. The van der Waals surface area contributed by atoms with Gasteiger partial charge in [-0.1, -0.05) is 0 Å². The fraction of sp³-hybridized carbons (Fsp3) is 0. The second kappa shape index (κ2) is 2.99. The largest absolute Gasteiger partial charge is 0.361 e. The van der Waals surface area contributed by atoms with Gasteiger partial charge in [0.15, 0.2) is 0 Å². The minimum absolute atomic E-state index is 0.160. The minimum Gasteiger partial charge on any atom is -0.361 e. The lowest BCUT2D eigenvalue weighted by atomic mass is 10.2. The number of H-pyrrole nitrogens is 1. The molecule has 0 bridgehead atoms. The number of benzene rings is 1. The fourth-order valence-corrected chi connectivity index (χ4v) is 1.87. The van der Waals surface area contributed by atoms with Gasteiger partial charge < -0.3 is 4.98 Å². The maximum atomic E-state index is 10.6. The topological polar surface area (TPSA) is 58.9 Å². The van der Waals surface area contributed by atoms with Crippen molar-refractivity contribution in [1.29, 1.82) is 0 Å². The third kappa shape index (κ3) is 1.39. The number of nitro groups is 1. The smallest absolute Gasteiger partial charge is 0.283 e. The molecule has 0 aliphatic heterocycles. The number of hydrogen-bond acceptors (Lipinski definition) is 2. The van der Waals surface area contributed by atoms with Crippen molar-refractivity contribution in [2.24, 2.45) is 0 Å². The minimum atomic E-state index is -0.367. The summed E-state index contributed by atoms with van der Waals surface area (Å²) in [5, 5.41) is 11.4. The Bertz CT molecular complexity index is 478. The van der Waals surface area contributed by atoms with E-state index in [1.807, 2.05) is 28.7 Å². The van der Waals surface area contributed by atoms with Crippen molar-refractivity contribution < 1.29 is 4.92 Å². The Labute approximate surface area is 87.2 Å². The Morgan fingerprint density at radius 1 is 1.46 bits per heavy atom. The monoisotopic (exact) mass is 288 g/mol. The number of rotatable bonds is 1. The molecule has 0 amide bonds. The first-order chi connectivity index (χ1) is 6.18. The number of aromatic amines is 1. The van der Waals surface area contributed by atoms with Crippen LogP contribution >= 0.6 is 22.6 Å². The zero-order chi connectivity index (χ0) is 9.42. The van der Waals surface area contributed by atoms with Crippen LogP contribution in [-0.2, 0) is 0 Å². The summed E-state index contributed by atoms with van der Waals surface area (Å²) in [4.78, 5) is 13.2. The van der Waals surface area contributed by atoms with Crippen LogP contribution in [0.5, 0.6) is 0 Å². The van der Waals surface area contributed by atoms with Gasteiger partial charge in [-0.3, -0.25) is 10.1 Å². The Kier molecular flexibility index (Phi) is 1.95. The van der Waals surface area contributed by atoms with E-state index in [1.54, 1.807) is 18.3 Å². The molecule has 0 saturated carbocycles. The van der Waals surface area contributed by atoms with Gasteiger partial charge in [0.05, 0.1) is 8.49 Å². The molecule has 1 aromatic heterocycles. The van der Waals surface area contributed by atoms with Gasteiger partial charge in [0, 0.05) is 23.2 Å². The van der Waals surface area contributed by atoms with Gasteiger partial charge in [0.2, 0.25) is 0 Å². The predicted molar refractivity (Wildman–Crippen MR) is 57.7 cm³/mol. The third-order valence-electron chi connectivity index (χ3n) is 1.82. The number of fused-ring (bicyclic) bond motifs is 1. The molecule has 4 nitrogen and oxygen atoms in total. The highest BCUT2D eigenvalue weighted by atomic mass is 127. The van der Waals surface area contributed by atoms with Crippen molar-refractivity contribution in [3.05, 3.63) is 38.1 Å². The van der Waals surface area contributed by atoms with Crippen LogP contribution in [0.2, 0.25) is 0 Å². The van der Waals surface area contributed by atoms with Crippen molar-refractivity contribution in [3.63, 3.8) is 0 Å². The van der Waals surface area contributed by atoms with Gasteiger partial charge in [-0.2, -0.15) is 0 Å². The van der Waals surface area contributed by atoms with Crippen LogP contribution in [0, 0.1) is 13.7 Å². The Hall–Kier alpha value is -1.11. The summed E-state index contributed by atoms with van der Waals surface area (Å²) in [6.07, 6.45) is 1.77. The highest BCUT2D eigenvalue weighted by Crippen LogP contribution is 2.26. The van der Waals surface area contributed by atoms with Crippen LogP contribution in [0.1, 0.15) is 0 Å². The average molecular weight is 288 g/mol. The Balaban J connectivity index is 2.76. The molecule has 0 spiro atoms. The van der Waals surface area contributed by atoms with E-state index in [0.717, 1.165) is 10.9 Å². The molecule has 5 heteroatoms. The zero-order valence-electron chi connectivity index (χ0n) is 6.45. The molecule has 0 saturated heterocycles. The van der Waals surface area contributed by atoms with Crippen molar-refractivity contribution in [3.8, 4) is 0 Å². The number of hydrogen-bond donors (Lipinski definition) is 1. The van der Waals surface area contributed by atoms with Crippen LogP contribution in [-0.4, -0.2) is 9.91 Å². The highest BCUT2D eigenvalue weighted by molar-refractivity contribution is 14.1. The van der Waals surface area contributed by atoms with Gasteiger partial charge in [0.1, 0.15) is 0 Å². The Morgan fingerprint density at radius 2 is 2.23 bits per heavy atom. The summed E-state index contributed by atoms with van der Waals surface area (Å²) in [5.41, 5.74) is 1.09. The lowest BCUT2D eigenvalue weighted by molar-refractivity contribution is -0.385. The molecule has 66 valence electrons. The van der Waals surface area contributed by atoms with E-state index < -0.39 is 0 Å². The quantitative estimate of drug-likeness (QED) is 0.498. The van der Waals surface area contributed by atoms with Crippen LogP contribution in [0.3, 0.4) is 0 Å². The lowest BCUT2D eigenvalue weighted by Gasteiger charge is -1.95. The van der Waals surface area contributed by atoms with E-state index >= 15 is 0 Å². The van der Waals surface area contributed by atoms with E-state index in [9.17, 15) is 10.1 Å². The van der Waals surface area contributed by atoms with Crippen LogP contribution < -0.4 is 0 Å². The standard InChI is InChI=1S/C8H5IN2O2/c9-6-4-7-5(1-2-10-7)3-8(6)11(12)13/h1-4,10H. The van der Waals surface area contributed by atoms with Crippen LogP contribution in [0.25, 0.3) is 10.9 Å². The number of nitrogens with one attached hydrogen (secondary N) is 1. The van der Waals surface area contributed by atoms with Gasteiger partial charge in [0.25, 0.3) is 5.69 Å². The maximum Gasteiger partial charge on any atom is 0.283 e. The molecule has 2 aromatic rings. The molecule has 2 rings (SSSR count). The number of aromatic nitrogens is 1. The second-order valence-electron chi connectivity index (χ2n) is 2.63. The normalized spacial score (nSPS) is 10.5. The van der Waals surface area contributed by atoms with E-state index in [2.05, 4.69) is 4.98 Å². The van der Waals surface area contributed by atoms with Crippen LogP contribution in [0.15, 0.2) is 24.4 Å². The van der Waals surface area contributed by atoms with E-state index in [4.69, 9.17) is 0 Å². The first kappa shape index (κ1) is 8.49. The molecule has 0 radical (unpaired) electrons. The molecule has 1 aromatic carbocycles. The lowest BCUT2D eigenvalue weighted by Crippen LogP contribution is -1.90. The summed E-state index contributed by atoms with van der Waals surface area (Å²) in [7, 11) is 0. The molecule has 0 unspecified atom stereocenters. The summed E-state index contributed by atoms with van der Waals surface area (Å²) < 4.78 is 0.651. The van der Waals surface area contributed by atoms with Gasteiger partial charge in [-0.05, 0) is 34.7 Å². The van der Waals surface area contributed by atoms with E-state index in [0.29, 0.717) is 3.57 Å². The van der Waals surface area contributed by atoms with Gasteiger partial charge >= 0.3 is 0 Å².